The predicted molar refractivity (Wildman–Crippen MR) is 151 cm³/mol. The number of nitrogens with two attached hydrogens (primary N) is 1. The second kappa shape index (κ2) is 16.6. The van der Waals surface area contributed by atoms with Gasteiger partial charge in [0.1, 0.15) is 0 Å². The zero-order chi connectivity index (χ0) is 27.0. The van der Waals surface area contributed by atoms with Crippen molar-refractivity contribution in [3.05, 3.63) is 113 Å². The molecule has 0 aliphatic carbocycles. The third-order valence-electron chi connectivity index (χ3n) is 5.16. The first-order valence-corrected chi connectivity index (χ1v) is 11.7. The molecule has 0 aliphatic rings. The molecule has 2 aromatic rings. The minimum atomic E-state index is -0.423. The van der Waals surface area contributed by atoms with Crippen LogP contribution in [-0.2, 0) is 11.2 Å². The van der Waals surface area contributed by atoms with E-state index in [0.29, 0.717) is 17.6 Å². The normalized spacial score (nSPS) is 11.5. The first-order chi connectivity index (χ1) is 16.6. The maximum atomic E-state index is 11.5. The van der Waals surface area contributed by atoms with Crippen LogP contribution in [-0.4, -0.2) is 11.6 Å². The number of nitriles is 1. The van der Waals surface area contributed by atoms with E-state index >= 15 is 0 Å². The molecular weight excluding hydrogens is 430 g/mol. The Morgan fingerprint density at radius 2 is 1.69 bits per heavy atom. The number of carbonyl (C=O) groups is 1. The summed E-state index contributed by atoms with van der Waals surface area (Å²) in [5.41, 5.74) is 13.8. The van der Waals surface area contributed by atoms with Gasteiger partial charge in [-0.1, -0.05) is 80.6 Å². The lowest BCUT2D eigenvalue weighted by molar-refractivity contribution is -0.114. The molecule has 2 N–H and O–H groups in total. The van der Waals surface area contributed by atoms with Crippen LogP contribution in [0.2, 0.25) is 0 Å². The number of aryl methyl sites for hydroxylation is 1. The van der Waals surface area contributed by atoms with Gasteiger partial charge in [-0.3, -0.25) is 9.79 Å². The van der Waals surface area contributed by atoms with Crippen LogP contribution in [0.15, 0.2) is 95.7 Å². The molecule has 1 amide bonds. The van der Waals surface area contributed by atoms with Gasteiger partial charge >= 0.3 is 0 Å². The van der Waals surface area contributed by atoms with Crippen molar-refractivity contribution >= 4 is 17.2 Å². The number of rotatable bonds is 7. The van der Waals surface area contributed by atoms with Crippen molar-refractivity contribution in [3.63, 3.8) is 0 Å². The number of hydrogen-bond acceptors (Lipinski definition) is 3. The highest BCUT2D eigenvalue weighted by atomic mass is 16.1. The van der Waals surface area contributed by atoms with Gasteiger partial charge in [-0.2, -0.15) is 5.26 Å². The Morgan fingerprint density at radius 3 is 2.11 bits per heavy atom. The van der Waals surface area contributed by atoms with E-state index in [4.69, 9.17) is 11.0 Å². The zero-order valence-electron chi connectivity index (χ0n) is 22.3. The van der Waals surface area contributed by atoms with Crippen LogP contribution in [0.5, 0.6) is 0 Å². The Morgan fingerprint density at radius 1 is 1.09 bits per heavy atom. The fraction of sp³-hybridized carbons (Fsp3) is 0.258. The van der Waals surface area contributed by atoms with Crippen LogP contribution in [0.1, 0.15) is 63.8 Å². The smallest absolute Gasteiger partial charge is 0.248 e. The van der Waals surface area contributed by atoms with E-state index in [1.165, 1.54) is 17.3 Å². The molecule has 0 aliphatic heterocycles. The molecule has 2 aromatic carbocycles. The van der Waals surface area contributed by atoms with Crippen LogP contribution in [0.3, 0.4) is 0 Å². The highest BCUT2D eigenvalue weighted by molar-refractivity contribution is 6.05. The fourth-order valence-electron chi connectivity index (χ4n) is 3.19. The Balaban J connectivity index is 0.000000742. The number of amides is 1. The van der Waals surface area contributed by atoms with E-state index in [0.717, 1.165) is 28.0 Å². The van der Waals surface area contributed by atoms with Gasteiger partial charge in [0.2, 0.25) is 5.91 Å². The molecule has 0 saturated heterocycles. The highest BCUT2D eigenvalue weighted by Crippen LogP contribution is 2.18. The molecule has 184 valence electrons. The van der Waals surface area contributed by atoms with Gasteiger partial charge in [0.25, 0.3) is 0 Å². The van der Waals surface area contributed by atoms with Gasteiger partial charge in [-0.15, -0.1) is 0 Å². The molecular formula is C31H39N3O. The molecule has 35 heavy (non-hydrogen) atoms. The van der Waals surface area contributed by atoms with E-state index in [1.807, 2.05) is 59.7 Å². The topological polar surface area (TPSA) is 79.2 Å². The molecule has 0 aromatic heterocycles. The first-order valence-electron chi connectivity index (χ1n) is 11.7. The van der Waals surface area contributed by atoms with Crippen molar-refractivity contribution < 1.29 is 4.79 Å². The molecule has 0 unspecified atom stereocenters. The van der Waals surface area contributed by atoms with Gasteiger partial charge < -0.3 is 5.73 Å². The van der Waals surface area contributed by atoms with E-state index in [9.17, 15) is 4.79 Å². The molecule has 4 nitrogen and oxygen atoms in total. The third-order valence-corrected chi connectivity index (χ3v) is 5.16. The monoisotopic (exact) mass is 469 g/mol. The lowest BCUT2D eigenvalue weighted by Gasteiger charge is -2.12. The van der Waals surface area contributed by atoms with Crippen LogP contribution in [0.25, 0.3) is 5.57 Å². The Kier molecular flexibility index (Phi) is 14.7. The van der Waals surface area contributed by atoms with Crippen molar-refractivity contribution in [2.45, 2.75) is 54.9 Å². The summed E-state index contributed by atoms with van der Waals surface area (Å²) in [7, 11) is 0. The summed E-state index contributed by atoms with van der Waals surface area (Å²) >= 11 is 0. The van der Waals surface area contributed by atoms with Crippen LogP contribution in [0.4, 0.5) is 0 Å². The molecule has 0 radical (unpaired) electrons. The minimum Gasteiger partial charge on any atom is -0.366 e. The summed E-state index contributed by atoms with van der Waals surface area (Å²) in [5, 5.41) is 8.49. The Hall–Kier alpha value is -3.97. The summed E-state index contributed by atoms with van der Waals surface area (Å²) in [4.78, 5) is 15.9. The van der Waals surface area contributed by atoms with E-state index in [1.54, 1.807) is 18.2 Å². The van der Waals surface area contributed by atoms with Crippen molar-refractivity contribution in [1.82, 2.24) is 0 Å². The average molecular weight is 470 g/mol. The SMILES string of the molecule is C=C(C)c1ccc(C#N)cc1.C=CN=C(Cc1cccc(C)c1)/C(C)=C(C)/C(=C\C)C(N)=O.CC. The van der Waals surface area contributed by atoms with Crippen LogP contribution in [0, 0.1) is 18.3 Å². The molecule has 0 saturated carbocycles. The lowest BCUT2D eigenvalue weighted by atomic mass is 9.94. The van der Waals surface area contributed by atoms with Crippen LogP contribution < -0.4 is 5.73 Å². The van der Waals surface area contributed by atoms with Gasteiger partial charge in [0, 0.05) is 23.9 Å². The molecule has 2 rings (SSSR count). The second-order valence-corrected chi connectivity index (χ2v) is 7.71. The molecule has 0 heterocycles. The van der Waals surface area contributed by atoms with Crippen molar-refractivity contribution in [2.24, 2.45) is 10.7 Å². The van der Waals surface area contributed by atoms with Gasteiger partial charge in [0.05, 0.1) is 11.6 Å². The van der Waals surface area contributed by atoms with Crippen molar-refractivity contribution in [3.8, 4) is 6.07 Å². The fourth-order valence-corrected chi connectivity index (χ4v) is 3.19. The molecule has 0 fully saturated rings. The largest absolute Gasteiger partial charge is 0.366 e. The number of allylic oxidation sites excluding steroid dienone is 3. The lowest BCUT2D eigenvalue weighted by Crippen LogP contribution is -2.17. The Bertz CT molecular complexity index is 1140. The zero-order valence-corrected chi connectivity index (χ0v) is 22.3. The van der Waals surface area contributed by atoms with Crippen LogP contribution >= 0.6 is 0 Å². The summed E-state index contributed by atoms with van der Waals surface area (Å²) < 4.78 is 0. The number of primary amides is 1. The molecule has 0 bridgehead atoms. The maximum absolute atomic E-state index is 11.5. The highest BCUT2D eigenvalue weighted by Gasteiger charge is 2.13. The minimum absolute atomic E-state index is 0.423. The molecule has 0 spiro atoms. The number of aliphatic imine (C=N–C) groups is 1. The number of benzene rings is 2. The summed E-state index contributed by atoms with van der Waals surface area (Å²) in [6.45, 7) is 21.1. The quantitative estimate of drug-likeness (QED) is 0.259. The molecule has 4 heteroatoms. The Labute approximate surface area is 211 Å². The first kappa shape index (κ1) is 31.0. The van der Waals surface area contributed by atoms with E-state index in [-0.39, 0.29) is 0 Å². The van der Waals surface area contributed by atoms with Gasteiger partial charge in [-0.25, -0.2) is 0 Å². The van der Waals surface area contributed by atoms with Crippen molar-refractivity contribution in [1.29, 1.82) is 5.26 Å². The maximum Gasteiger partial charge on any atom is 0.248 e. The summed E-state index contributed by atoms with van der Waals surface area (Å²) in [6.07, 6.45) is 3.95. The van der Waals surface area contributed by atoms with Gasteiger partial charge in [0.15, 0.2) is 0 Å². The standard InChI is InChI=1S/C19H24N2O.C10H9N.C2H6/c1-6-17(19(20)22)14(4)15(5)18(21-7-2)12-16-10-8-9-13(3)11-16;1-8(2)10-5-3-9(7-11)4-6-10;1-2/h6-11H,2,12H2,1,3-5H3,(H2,20,22);3-6H,1H2,2H3;1-2H3/b15-14+,17-6+,21-18?;;. The average Bonchev–Trinajstić information content (AvgIpc) is 2.85. The van der Waals surface area contributed by atoms with Gasteiger partial charge in [-0.05, 0) is 69.0 Å². The van der Waals surface area contributed by atoms with E-state index in [2.05, 4.69) is 49.3 Å². The number of carbonyl (C=O) groups excluding carboxylic acids is 1. The van der Waals surface area contributed by atoms with E-state index < -0.39 is 5.91 Å². The molecule has 0 atom stereocenters. The second-order valence-electron chi connectivity index (χ2n) is 7.71. The number of hydrogen-bond donors (Lipinski definition) is 1. The third kappa shape index (κ3) is 10.7. The predicted octanol–water partition coefficient (Wildman–Crippen LogP) is 7.51. The number of nitrogens with zero attached hydrogens (tertiary/aromatic N) is 2. The summed E-state index contributed by atoms with van der Waals surface area (Å²) in [5.74, 6) is -0.423. The summed E-state index contributed by atoms with van der Waals surface area (Å²) in [6, 6.07) is 17.8. The van der Waals surface area contributed by atoms with Crippen molar-refractivity contribution in [2.75, 3.05) is 0 Å².